The molecule has 0 amide bonds. The number of unbranched alkanes of at least 4 members (excludes halogenated alkanes) is 4. The lowest BCUT2D eigenvalue weighted by atomic mass is 9.81. The largest absolute Gasteiger partial charge is 0.481 e. The van der Waals surface area contributed by atoms with E-state index >= 15 is 0 Å². The van der Waals surface area contributed by atoms with Gasteiger partial charge in [-0.1, -0.05) is 26.2 Å². The third kappa shape index (κ3) is 6.57. The van der Waals surface area contributed by atoms with Crippen LogP contribution in [0.25, 0.3) is 0 Å². The van der Waals surface area contributed by atoms with Crippen molar-refractivity contribution < 1.29 is 19.4 Å². The molecule has 0 saturated carbocycles. The lowest BCUT2D eigenvalue weighted by Crippen LogP contribution is -2.32. The Hall–Kier alpha value is -0.260. The van der Waals surface area contributed by atoms with Crippen LogP contribution in [0.3, 0.4) is 0 Å². The summed E-state index contributed by atoms with van der Waals surface area (Å²) in [6, 6.07) is 0. The van der Waals surface area contributed by atoms with Gasteiger partial charge >= 0.3 is 5.97 Å². The standard InChI is InChI=1S/C19H34O4S/c1-2-3-4-6-11-22-13-15-16(18-10-9-17(15)23-18)14-24-12-7-5-8-19(20)21/h15-18H,2-14H2,1H3,(H,20,21)/t15-,16+,17-,18+/m1/s1. The maximum absolute atomic E-state index is 10.5. The van der Waals surface area contributed by atoms with Crippen molar-refractivity contribution in [2.75, 3.05) is 24.7 Å². The smallest absolute Gasteiger partial charge is 0.303 e. The summed E-state index contributed by atoms with van der Waals surface area (Å²) >= 11 is 1.97. The van der Waals surface area contributed by atoms with Crippen molar-refractivity contribution in [3.8, 4) is 0 Å². The Morgan fingerprint density at radius 3 is 2.67 bits per heavy atom. The van der Waals surface area contributed by atoms with E-state index in [1.54, 1.807) is 0 Å². The van der Waals surface area contributed by atoms with Crippen LogP contribution in [0.2, 0.25) is 0 Å². The van der Waals surface area contributed by atoms with E-state index in [1.807, 2.05) is 11.8 Å². The molecule has 2 bridgehead atoms. The highest BCUT2D eigenvalue weighted by Gasteiger charge is 2.48. The summed E-state index contributed by atoms with van der Waals surface area (Å²) in [7, 11) is 0. The number of carbonyl (C=O) groups is 1. The molecule has 0 unspecified atom stereocenters. The molecule has 24 heavy (non-hydrogen) atoms. The first-order valence-corrected chi connectivity index (χ1v) is 10.9. The normalized spacial score (nSPS) is 28.5. The predicted molar refractivity (Wildman–Crippen MR) is 98.6 cm³/mol. The molecule has 2 fully saturated rings. The lowest BCUT2D eigenvalue weighted by Gasteiger charge is -2.27. The number of carboxylic acid groups (broad SMARTS) is 1. The van der Waals surface area contributed by atoms with Crippen LogP contribution in [0, 0.1) is 11.8 Å². The van der Waals surface area contributed by atoms with E-state index < -0.39 is 5.97 Å². The maximum Gasteiger partial charge on any atom is 0.303 e. The number of thioether (sulfide) groups is 1. The Morgan fingerprint density at radius 2 is 1.92 bits per heavy atom. The summed E-state index contributed by atoms with van der Waals surface area (Å²) in [6.07, 6.45) is 10.4. The van der Waals surface area contributed by atoms with Gasteiger partial charge in [0.05, 0.1) is 18.8 Å². The van der Waals surface area contributed by atoms with Crippen molar-refractivity contribution in [2.45, 2.75) is 76.9 Å². The molecule has 5 heteroatoms. The summed E-state index contributed by atoms with van der Waals surface area (Å²) < 4.78 is 12.1. The van der Waals surface area contributed by atoms with Crippen LogP contribution >= 0.6 is 11.8 Å². The van der Waals surface area contributed by atoms with Crippen molar-refractivity contribution in [1.82, 2.24) is 0 Å². The number of fused-ring (bicyclic) bond motifs is 2. The van der Waals surface area contributed by atoms with E-state index in [1.165, 1.54) is 38.5 Å². The molecular formula is C19H34O4S. The summed E-state index contributed by atoms with van der Waals surface area (Å²) in [5.74, 6) is 2.71. The highest BCUT2D eigenvalue weighted by atomic mass is 32.2. The summed E-state index contributed by atoms with van der Waals surface area (Å²) in [4.78, 5) is 10.5. The molecule has 0 aromatic carbocycles. The first-order chi connectivity index (χ1) is 11.7. The van der Waals surface area contributed by atoms with Gasteiger partial charge in [0.1, 0.15) is 0 Å². The van der Waals surface area contributed by atoms with E-state index in [9.17, 15) is 4.79 Å². The van der Waals surface area contributed by atoms with Crippen LogP contribution < -0.4 is 0 Å². The summed E-state index contributed by atoms with van der Waals surface area (Å²) in [6.45, 7) is 3.98. The summed E-state index contributed by atoms with van der Waals surface area (Å²) in [5, 5.41) is 8.66. The Bertz CT molecular complexity index is 363. The fourth-order valence-electron chi connectivity index (χ4n) is 3.88. The van der Waals surface area contributed by atoms with Gasteiger partial charge in [0.15, 0.2) is 0 Å². The fourth-order valence-corrected chi connectivity index (χ4v) is 5.19. The van der Waals surface area contributed by atoms with Gasteiger partial charge in [0.25, 0.3) is 0 Å². The van der Waals surface area contributed by atoms with Gasteiger partial charge in [0, 0.05) is 24.9 Å². The second-order valence-electron chi connectivity index (χ2n) is 7.18. The zero-order chi connectivity index (χ0) is 17.2. The molecule has 2 aliphatic heterocycles. The molecule has 1 N–H and O–H groups in total. The number of hydrogen-bond donors (Lipinski definition) is 1. The molecule has 0 aliphatic carbocycles. The van der Waals surface area contributed by atoms with Crippen molar-refractivity contribution >= 4 is 17.7 Å². The molecule has 4 atom stereocenters. The number of aliphatic carboxylic acids is 1. The second-order valence-corrected chi connectivity index (χ2v) is 8.33. The monoisotopic (exact) mass is 358 g/mol. The number of rotatable bonds is 14. The average Bonchev–Trinajstić information content (AvgIpc) is 3.15. The van der Waals surface area contributed by atoms with E-state index in [4.69, 9.17) is 14.6 Å². The summed E-state index contributed by atoms with van der Waals surface area (Å²) in [5.41, 5.74) is 0. The van der Waals surface area contributed by atoms with Crippen LogP contribution in [0.5, 0.6) is 0 Å². The van der Waals surface area contributed by atoms with Crippen molar-refractivity contribution in [3.05, 3.63) is 0 Å². The molecule has 2 rings (SSSR count). The maximum atomic E-state index is 10.5. The van der Waals surface area contributed by atoms with Gasteiger partial charge < -0.3 is 14.6 Å². The predicted octanol–water partition coefficient (Wildman–Crippen LogP) is 4.37. The topological polar surface area (TPSA) is 55.8 Å². The van der Waals surface area contributed by atoms with E-state index in [2.05, 4.69) is 6.92 Å². The molecule has 0 aromatic heterocycles. The Balaban J connectivity index is 1.59. The third-order valence-corrected chi connectivity index (χ3v) is 6.48. The quantitative estimate of drug-likeness (QED) is 0.467. The third-order valence-electron chi connectivity index (χ3n) is 5.28. The molecule has 140 valence electrons. The fraction of sp³-hybridized carbons (Fsp3) is 0.947. The zero-order valence-corrected chi connectivity index (χ0v) is 15.9. The van der Waals surface area contributed by atoms with Crippen molar-refractivity contribution in [2.24, 2.45) is 11.8 Å². The molecule has 2 saturated heterocycles. The van der Waals surface area contributed by atoms with Crippen LogP contribution in [-0.2, 0) is 14.3 Å². The van der Waals surface area contributed by atoms with Gasteiger partial charge in [0.2, 0.25) is 0 Å². The van der Waals surface area contributed by atoms with Crippen molar-refractivity contribution in [3.63, 3.8) is 0 Å². The number of hydrogen-bond acceptors (Lipinski definition) is 4. The molecule has 4 nitrogen and oxygen atoms in total. The minimum Gasteiger partial charge on any atom is -0.481 e. The SMILES string of the molecule is CCCCCCOC[C@@H]1[C@H](CSCCCCC(=O)O)[C@@H]2CC[C@H]1O2. The van der Waals surface area contributed by atoms with Gasteiger partial charge in [-0.2, -0.15) is 11.8 Å². The molecule has 0 spiro atoms. The van der Waals surface area contributed by atoms with Crippen molar-refractivity contribution in [1.29, 1.82) is 0 Å². The highest BCUT2D eigenvalue weighted by Crippen LogP contribution is 2.44. The van der Waals surface area contributed by atoms with Crippen LogP contribution in [0.15, 0.2) is 0 Å². The number of carboxylic acids is 1. The molecule has 2 heterocycles. The Kier molecular flexibility index (Phi) is 9.51. The van der Waals surface area contributed by atoms with E-state index in [-0.39, 0.29) is 0 Å². The second kappa shape index (κ2) is 11.4. The molecule has 2 aliphatic rings. The van der Waals surface area contributed by atoms with Gasteiger partial charge in [-0.15, -0.1) is 0 Å². The lowest BCUT2D eigenvalue weighted by molar-refractivity contribution is -0.137. The molecule has 0 aromatic rings. The van der Waals surface area contributed by atoms with Gasteiger partial charge in [-0.3, -0.25) is 4.79 Å². The number of ether oxygens (including phenoxy) is 2. The Morgan fingerprint density at radius 1 is 1.12 bits per heavy atom. The first kappa shape index (κ1) is 20.1. The Labute approximate surface area is 151 Å². The minimum absolute atomic E-state index is 0.298. The van der Waals surface area contributed by atoms with Gasteiger partial charge in [-0.25, -0.2) is 0 Å². The highest BCUT2D eigenvalue weighted by molar-refractivity contribution is 7.99. The first-order valence-electron chi connectivity index (χ1n) is 9.75. The average molecular weight is 359 g/mol. The van der Waals surface area contributed by atoms with E-state index in [0.29, 0.717) is 30.5 Å². The minimum atomic E-state index is -0.683. The van der Waals surface area contributed by atoms with Crippen LogP contribution in [-0.4, -0.2) is 48.0 Å². The van der Waals surface area contributed by atoms with E-state index in [0.717, 1.165) is 37.6 Å². The molecular weight excluding hydrogens is 324 g/mol. The molecule has 0 radical (unpaired) electrons. The van der Waals surface area contributed by atoms with Gasteiger partial charge in [-0.05, 0) is 43.6 Å². The van der Waals surface area contributed by atoms with Crippen LogP contribution in [0.1, 0.15) is 64.7 Å². The van der Waals surface area contributed by atoms with Crippen LogP contribution in [0.4, 0.5) is 0 Å². The zero-order valence-electron chi connectivity index (χ0n) is 15.1.